The van der Waals surface area contributed by atoms with E-state index in [1.807, 2.05) is 0 Å². The number of ether oxygens (including phenoxy) is 2. The van der Waals surface area contributed by atoms with Crippen molar-refractivity contribution in [3.63, 3.8) is 0 Å². The van der Waals surface area contributed by atoms with Crippen LogP contribution in [0.1, 0.15) is 11.4 Å². The third-order valence-corrected chi connectivity index (χ3v) is 6.06. The van der Waals surface area contributed by atoms with E-state index in [-0.39, 0.29) is 22.0 Å². The van der Waals surface area contributed by atoms with Crippen LogP contribution in [0.15, 0.2) is 53.4 Å². The number of alkyl halides is 6. The Balaban J connectivity index is 1.96. The molecule has 3 rings (SSSR count). The van der Waals surface area contributed by atoms with Gasteiger partial charge in [0.2, 0.25) is 0 Å². The molecule has 7 nitrogen and oxygen atoms in total. The van der Waals surface area contributed by atoms with E-state index in [0.717, 1.165) is 18.2 Å². The van der Waals surface area contributed by atoms with Crippen LogP contribution in [0.5, 0.6) is 11.5 Å². The summed E-state index contributed by atoms with van der Waals surface area (Å²) in [5.41, 5.74) is 0.573. The first-order chi connectivity index (χ1) is 16.1. The summed E-state index contributed by atoms with van der Waals surface area (Å²) in [6.45, 7) is -0.544. The van der Waals surface area contributed by atoms with Crippen molar-refractivity contribution >= 4 is 15.7 Å². The SMILES string of the molecule is Cc1nn(-c2ccccc2)c(C)c1S(=O)(=O)Nc1cc(OCC(F)(F)F)cc(OCC(F)(F)F)c1. The smallest absolute Gasteiger partial charge is 0.422 e. The highest BCUT2D eigenvalue weighted by Gasteiger charge is 2.31. The Bertz CT molecular complexity index is 1250. The van der Waals surface area contributed by atoms with Crippen LogP contribution in [0.25, 0.3) is 5.69 Å². The molecule has 190 valence electrons. The van der Waals surface area contributed by atoms with Gasteiger partial charge < -0.3 is 9.47 Å². The number of anilines is 1. The minimum Gasteiger partial charge on any atom is -0.484 e. The van der Waals surface area contributed by atoms with Gasteiger partial charge in [-0.15, -0.1) is 0 Å². The molecular formula is C21H19F6N3O4S. The van der Waals surface area contributed by atoms with Crippen molar-refractivity contribution in [2.75, 3.05) is 17.9 Å². The van der Waals surface area contributed by atoms with Crippen molar-refractivity contribution in [1.82, 2.24) is 9.78 Å². The summed E-state index contributed by atoms with van der Waals surface area (Å²) in [6, 6.07) is 11.2. The fourth-order valence-electron chi connectivity index (χ4n) is 3.17. The zero-order valence-electron chi connectivity index (χ0n) is 18.2. The third-order valence-electron chi connectivity index (χ3n) is 4.43. The molecule has 0 radical (unpaired) electrons. The molecule has 1 heterocycles. The van der Waals surface area contributed by atoms with E-state index in [1.165, 1.54) is 18.5 Å². The quantitative estimate of drug-likeness (QED) is 0.412. The van der Waals surface area contributed by atoms with E-state index in [1.54, 1.807) is 30.3 Å². The van der Waals surface area contributed by atoms with Gasteiger partial charge in [-0.2, -0.15) is 31.4 Å². The number of nitrogens with one attached hydrogen (secondary N) is 1. The number of para-hydroxylation sites is 1. The minimum absolute atomic E-state index is 0.122. The van der Waals surface area contributed by atoms with Crippen LogP contribution in [0, 0.1) is 13.8 Å². The first-order valence-corrected chi connectivity index (χ1v) is 11.3. The predicted octanol–water partition coefficient (Wildman–Crippen LogP) is 5.17. The molecule has 0 unspecified atom stereocenters. The number of sulfonamides is 1. The van der Waals surface area contributed by atoms with Crippen LogP contribution in [0.3, 0.4) is 0 Å². The highest BCUT2D eigenvalue weighted by molar-refractivity contribution is 7.92. The van der Waals surface area contributed by atoms with Gasteiger partial charge in [-0.05, 0) is 26.0 Å². The number of aromatic nitrogens is 2. The van der Waals surface area contributed by atoms with Gasteiger partial charge in [-0.1, -0.05) is 18.2 Å². The summed E-state index contributed by atoms with van der Waals surface area (Å²) in [6.07, 6.45) is -9.47. The molecule has 0 bridgehead atoms. The van der Waals surface area contributed by atoms with Gasteiger partial charge in [0.05, 0.1) is 22.8 Å². The Kier molecular flexibility index (Phi) is 7.24. The van der Waals surface area contributed by atoms with Gasteiger partial charge in [-0.25, -0.2) is 13.1 Å². The number of halogens is 6. The maximum absolute atomic E-state index is 13.1. The first-order valence-electron chi connectivity index (χ1n) is 9.83. The van der Waals surface area contributed by atoms with Gasteiger partial charge in [0.1, 0.15) is 16.4 Å². The fourth-order valence-corrected chi connectivity index (χ4v) is 4.61. The lowest BCUT2D eigenvalue weighted by Gasteiger charge is -2.15. The first kappa shape index (κ1) is 26.2. The Hall–Kier alpha value is -3.42. The zero-order chi connectivity index (χ0) is 26.0. The average molecular weight is 523 g/mol. The Morgan fingerprint density at radius 3 is 1.89 bits per heavy atom. The largest absolute Gasteiger partial charge is 0.484 e. The van der Waals surface area contributed by atoms with E-state index < -0.39 is 47.1 Å². The lowest BCUT2D eigenvalue weighted by molar-refractivity contribution is -0.153. The third kappa shape index (κ3) is 7.04. The van der Waals surface area contributed by atoms with Gasteiger partial charge in [-0.3, -0.25) is 4.72 Å². The minimum atomic E-state index is -4.73. The number of nitrogens with zero attached hydrogens (tertiary/aromatic N) is 2. The lowest BCUT2D eigenvalue weighted by atomic mass is 10.3. The molecule has 2 aromatic carbocycles. The number of rotatable bonds is 8. The van der Waals surface area contributed by atoms with E-state index in [4.69, 9.17) is 0 Å². The van der Waals surface area contributed by atoms with Crippen molar-refractivity contribution in [2.45, 2.75) is 31.1 Å². The van der Waals surface area contributed by atoms with E-state index in [9.17, 15) is 34.8 Å². The Morgan fingerprint density at radius 1 is 0.886 bits per heavy atom. The molecule has 3 aromatic rings. The second-order valence-electron chi connectivity index (χ2n) is 7.35. The maximum atomic E-state index is 13.1. The van der Waals surface area contributed by atoms with Gasteiger partial charge >= 0.3 is 12.4 Å². The lowest BCUT2D eigenvalue weighted by Crippen LogP contribution is -2.21. The van der Waals surface area contributed by atoms with Crippen molar-refractivity contribution < 1.29 is 44.2 Å². The molecule has 0 fully saturated rings. The van der Waals surface area contributed by atoms with Crippen LogP contribution in [0.4, 0.5) is 32.0 Å². The molecule has 14 heteroatoms. The van der Waals surface area contributed by atoms with Gasteiger partial charge in [0.25, 0.3) is 10.0 Å². The molecule has 1 N–H and O–H groups in total. The molecule has 0 aliphatic heterocycles. The fraction of sp³-hybridized carbons (Fsp3) is 0.286. The zero-order valence-corrected chi connectivity index (χ0v) is 19.1. The van der Waals surface area contributed by atoms with Crippen molar-refractivity contribution in [3.8, 4) is 17.2 Å². The molecule has 35 heavy (non-hydrogen) atoms. The van der Waals surface area contributed by atoms with Crippen LogP contribution in [0.2, 0.25) is 0 Å². The number of benzene rings is 2. The van der Waals surface area contributed by atoms with Gasteiger partial charge in [0.15, 0.2) is 13.2 Å². The second kappa shape index (κ2) is 9.68. The summed E-state index contributed by atoms with van der Waals surface area (Å²) in [4.78, 5) is -0.208. The van der Waals surface area contributed by atoms with Crippen LogP contribution >= 0.6 is 0 Å². The van der Waals surface area contributed by atoms with Crippen molar-refractivity contribution in [3.05, 3.63) is 59.9 Å². The molecular weight excluding hydrogens is 504 g/mol. The van der Waals surface area contributed by atoms with E-state index in [0.29, 0.717) is 5.69 Å². The highest BCUT2D eigenvalue weighted by Crippen LogP contribution is 2.31. The monoisotopic (exact) mass is 523 g/mol. The summed E-state index contributed by atoms with van der Waals surface area (Å²) in [5, 5.41) is 4.23. The van der Waals surface area contributed by atoms with Crippen LogP contribution in [-0.4, -0.2) is 43.8 Å². The summed E-state index contributed by atoms with van der Waals surface area (Å²) >= 11 is 0. The molecule has 0 aliphatic rings. The topological polar surface area (TPSA) is 82.5 Å². The molecule has 1 aromatic heterocycles. The molecule has 0 atom stereocenters. The van der Waals surface area contributed by atoms with Crippen LogP contribution < -0.4 is 14.2 Å². The van der Waals surface area contributed by atoms with Gasteiger partial charge in [0, 0.05) is 18.2 Å². The van der Waals surface area contributed by atoms with E-state index >= 15 is 0 Å². The highest BCUT2D eigenvalue weighted by atomic mass is 32.2. The average Bonchev–Trinajstić information content (AvgIpc) is 3.05. The summed E-state index contributed by atoms with van der Waals surface area (Å²) < 4.78 is 114. The number of aryl methyl sites for hydroxylation is 1. The predicted molar refractivity (Wildman–Crippen MR) is 113 cm³/mol. The summed E-state index contributed by atoms with van der Waals surface area (Å²) in [5.74, 6) is -1.10. The van der Waals surface area contributed by atoms with Crippen LogP contribution in [-0.2, 0) is 10.0 Å². The standard InChI is InChI=1S/C21H19F6N3O4S/c1-13-19(14(2)30(28-13)16-6-4-3-5-7-16)35(31,32)29-15-8-17(33-11-20(22,23)24)10-18(9-15)34-12-21(25,26)27/h3-10,29H,11-12H2,1-2H3. The summed E-state index contributed by atoms with van der Waals surface area (Å²) in [7, 11) is -4.37. The Labute approximate surface area is 196 Å². The number of hydrogen-bond acceptors (Lipinski definition) is 5. The maximum Gasteiger partial charge on any atom is 0.422 e. The second-order valence-corrected chi connectivity index (χ2v) is 8.97. The Morgan fingerprint density at radius 2 is 1.40 bits per heavy atom. The molecule has 0 amide bonds. The number of hydrogen-bond donors (Lipinski definition) is 1. The van der Waals surface area contributed by atoms with Crippen molar-refractivity contribution in [2.24, 2.45) is 0 Å². The molecule has 0 aliphatic carbocycles. The molecule has 0 saturated carbocycles. The molecule has 0 saturated heterocycles. The van der Waals surface area contributed by atoms with Crippen molar-refractivity contribution in [1.29, 1.82) is 0 Å². The molecule has 0 spiro atoms. The van der Waals surface area contributed by atoms with E-state index in [2.05, 4.69) is 19.3 Å². The normalized spacial score (nSPS) is 12.5.